The van der Waals surface area contributed by atoms with Crippen molar-refractivity contribution in [2.45, 2.75) is 10.4 Å². The maximum atomic E-state index is 12.6. The third-order valence-corrected chi connectivity index (χ3v) is 8.34. The van der Waals surface area contributed by atoms with Crippen LogP contribution in [0.1, 0.15) is 5.56 Å². The van der Waals surface area contributed by atoms with Crippen molar-refractivity contribution in [2.75, 3.05) is 13.3 Å². The molecule has 0 N–H and O–H groups in total. The molecule has 1 aromatic rings. The molecule has 0 saturated carbocycles. The fourth-order valence-corrected chi connectivity index (χ4v) is 6.16. The minimum atomic E-state index is -1.56. The van der Waals surface area contributed by atoms with Gasteiger partial charge in [0.2, 0.25) is 0 Å². The second kappa shape index (κ2) is 6.48. The van der Waals surface area contributed by atoms with E-state index >= 15 is 0 Å². The summed E-state index contributed by atoms with van der Waals surface area (Å²) < 4.78 is 19.3. The maximum absolute atomic E-state index is 12.6. The van der Waals surface area contributed by atoms with Crippen LogP contribution in [-0.2, 0) is 14.7 Å². The molecule has 0 bridgehead atoms. The summed E-state index contributed by atoms with van der Waals surface area (Å²) >= 11 is 1.72. The van der Waals surface area contributed by atoms with Crippen molar-refractivity contribution in [3.05, 3.63) is 38.9 Å². The molecule has 1 atom stereocenters. The van der Waals surface area contributed by atoms with Crippen molar-refractivity contribution in [3.8, 4) is 0 Å². The number of carbonyl (C=O) groups excluding carboxylic acids is 1. The molecular formula is C12H12AsBrFNO2. The first kappa shape index (κ1) is 13.8. The van der Waals surface area contributed by atoms with Gasteiger partial charge < -0.3 is 0 Å². The molecule has 1 aliphatic heterocycles. The average molecular weight is 376 g/mol. The predicted octanol–water partition coefficient (Wildman–Crippen LogP) is 2.41. The normalized spacial score (nSPS) is 16.3. The van der Waals surface area contributed by atoms with Gasteiger partial charge >= 0.3 is 118 Å². The van der Waals surface area contributed by atoms with E-state index < -0.39 is 14.7 Å². The van der Waals surface area contributed by atoms with Crippen LogP contribution in [0.3, 0.4) is 0 Å². The van der Waals surface area contributed by atoms with Crippen molar-refractivity contribution in [3.63, 3.8) is 0 Å². The van der Waals surface area contributed by atoms with Crippen LogP contribution >= 0.6 is 15.9 Å². The molecular weight excluding hydrogens is 364 g/mol. The third-order valence-electron chi connectivity index (χ3n) is 2.57. The summed E-state index contributed by atoms with van der Waals surface area (Å²) in [4.78, 5) is 15.2. The van der Waals surface area contributed by atoms with E-state index in [4.69, 9.17) is 4.74 Å². The Morgan fingerprint density at radius 2 is 2.33 bits per heavy atom. The molecule has 0 spiro atoms. The predicted molar refractivity (Wildman–Crippen MR) is 71.2 cm³/mol. The number of ether oxygens (including phenoxy) is 1. The molecule has 0 radical (unpaired) electrons. The summed E-state index contributed by atoms with van der Waals surface area (Å²) in [5.74, 6) is -0.294. The van der Waals surface area contributed by atoms with Crippen LogP contribution < -0.4 is 0 Å². The minimum absolute atomic E-state index is 0.294. The van der Waals surface area contributed by atoms with Gasteiger partial charge in [0.15, 0.2) is 0 Å². The number of alkyl halides is 1. The first-order valence-electron chi connectivity index (χ1n) is 5.47. The number of nitrogens with zero attached hydrogens (tertiary/aromatic N) is 1. The molecule has 18 heavy (non-hydrogen) atoms. The second-order valence-corrected chi connectivity index (χ2v) is 9.73. The Morgan fingerprint density at radius 1 is 1.50 bits per heavy atom. The summed E-state index contributed by atoms with van der Waals surface area (Å²) in [6.45, 7) is 0.0122. The molecule has 0 aromatic carbocycles. The number of carbonyl (C=O) groups is 1. The van der Waals surface area contributed by atoms with Crippen molar-refractivity contribution in [2.24, 2.45) is 0 Å². The van der Waals surface area contributed by atoms with E-state index in [1.165, 1.54) is 0 Å². The molecule has 0 fully saturated rings. The van der Waals surface area contributed by atoms with E-state index in [1.54, 1.807) is 12.3 Å². The van der Waals surface area contributed by atoms with Gasteiger partial charge in [-0.15, -0.1) is 0 Å². The molecule has 2 rings (SSSR count). The van der Waals surface area contributed by atoms with Gasteiger partial charge in [0.25, 0.3) is 0 Å². The summed E-state index contributed by atoms with van der Waals surface area (Å²) in [6, 6.07) is 3.86. The van der Waals surface area contributed by atoms with Crippen molar-refractivity contribution in [1.82, 2.24) is 4.98 Å². The Bertz CT molecular complexity index is 464. The summed E-state index contributed by atoms with van der Waals surface area (Å²) in [6.07, 6.45) is 3.34. The van der Waals surface area contributed by atoms with E-state index in [0.717, 1.165) is 19.7 Å². The molecule has 2 heterocycles. The zero-order chi connectivity index (χ0) is 13.0. The van der Waals surface area contributed by atoms with E-state index in [9.17, 15) is 9.18 Å². The first-order valence-corrected chi connectivity index (χ1v) is 9.86. The number of pyridine rings is 1. The number of hydrogen-bond acceptors (Lipinski definition) is 3. The molecule has 1 unspecified atom stereocenters. The van der Waals surface area contributed by atoms with Crippen LogP contribution in [0.15, 0.2) is 33.4 Å². The number of hydrogen-bond donors (Lipinski definition) is 0. The summed E-state index contributed by atoms with van der Waals surface area (Å²) in [7, 11) is 0. The van der Waals surface area contributed by atoms with E-state index in [1.807, 2.05) is 12.1 Å². The standard InChI is InChI=1S/C12H12AsBrFNO2/c14-11-2-1-9(7-16-11)6-13(3-4-15)10-5-12(17)18-8-10/h1-2,5,7H,3-4,6,8H2. The Balaban J connectivity index is 2.08. The molecule has 96 valence electrons. The Hall–Kier alpha value is -0.672. The number of halogens is 2. The number of rotatable bonds is 5. The molecule has 1 aromatic heterocycles. The third kappa shape index (κ3) is 3.66. The van der Waals surface area contributed by atoms with Crippen LogP contribution in [0.4, 0.5) is 4.39 Å². The van der Waals surface area contributed by atoms with Gasteiger partial charge in [0, 0.05) is 0 Å². The van der Waals surface area contributed by atoms with E-state index in [-0.39, 0.29) is 12.6 Å². The fraction of sp³-hybridized carbons (Fsp3) is 0.333. The van der Waals surface area contributed by atoms with Gasteiger partial charge in [-0.3, -0.25) is 0 Å². The number of aromatic nitrogens is 1. The SMILES string of the molecule is O=C1C=C([As](CCF)Cc2ccc(Br)nc2)CO1. The van der Waals surface area contributed by atoms with Crippen LogP contribution in [0.5, 0.6) is 0 Å². The van der Waals surface area contributed by atoms with Gasteiger partial charge in [-0.1, -0.05) is 0 Å². The van der Waals surface area contributed by atoms with Gasteiger partial charge in [0.1, 0.15) is 0 Å². The topological polar surface area (TPSA) is 39.2 Å². The monoisotopic (exact) mass is 375 g/mol. The summed E-state index contributed by atoms with van der Waals surface area (Å²) in [5.41, 5.74) is 1.09. The van der Waals surface area contributed by atoms with Crippen molar-refractivity contribution >= 4 is 36.6 Å². The average Bonchev–Trinajstić information content (AvgIpc) is 2.78. The Labute approximate surface area is 118 Å². The van der Waals surface area contributed by atoms with Crippen molar-refractivity contribution < 1.29 is 13.9 Å². The van der Waals surface area contributed by atoms with E-state index in [0.29, 0.717) is 11.8 Å². The van der Waals surface area contributed by atoms with Gasteiger partial charge in [-0.2, -0.15) is 0 Å². The summed E-state index contributed by atoms with van der Waals surface area (Å²) in [5, 5.41) is 1.37. The number of cyclic esters (lactones) is 1. The molecule has 0 aliphatic carbocycles. The van der Waals surface area contributed by atoms with Gasteiger partial charge in [0.05, 0.1) is 0 Å². The second-order valence-electron chi connectivity index (χ2n) is 3.84. The fourth-order valence-electron chi connectivity index (χ4n) is 1.69. The van der Waals surface area contributed by atoms with Gasteiger partial charge in [-0.25, -0.2) is 0 Å². The zero-order valence-electron chi connectivity index (χ0n) is 9.60. The molecule has 1 aliphatic rings. The van der Waals surface area contributed by atoms with Gasteiger partial charge in [-0.05, 0) is 0 Å². The molecule has 0 saturated heterocycles. The van der Waals surface area contributed by atoms with Crippen LogP contribution in [0.25, 0.3) is 0 Å². The Kier molecular flexibility index (Phi) is 4.95. The molecule has 0 amide bonds. The quantitative estimate of drug-likeness (QED) is 0.450. The van der Waals surface area contributed by atoms with Crippen LogP contribution in [-0.4, -0.2) is 38.9 Å². The zero-order valence-corrected chi connectivity index (χ0v) is 13.1. The number of esters is 1. The van der Waals surface area contributed by atoms with E-state index in [2.05, 4.69) is 20.9 Å². The molecule has 6 heteroatoms. The molecule has 3 nitrogen and oxygen atoms in total. The first-order chi connectivity index (χ1) is 8.69. The van der Waals surface area contributed by atoms with Crippen LogP contribution in [0.2, 0.25) is 5.21 Å². The Morgan fingerprint density at radius 3 is 2.89 bits per heavy atom. The van der Waals surface area contributed by atoms with Crippen LogP contribution in [0, 0.1) is 0 Å². The van der Waals surface area contributed by atoms with Crippen molar-refractivity contribution in [1.29, 1.82) is 0 Å².